The van der Waals surface area contributed by atoms with Crippen LogP contribution in [0.3, 0.4) is 0 Å². The van der Waals surface area contributed by atoms with E-state index in [4.69, 9.17) is 9.62 Å². The predicted molar refractivity (Wildman–Crippen MR) is 106 cm³/mol. The van der Waals surface area contributed by atoms with Gasteiger partial charge in [-0.1, -0.05) is 30.3 Å². The minimum atomic E-state index is 0.601. The van der Waals surface area contributed by atoms with Crippen molar-refractivity contribution >= 4 is 0 Å². The molecule has 0 amide bonds. The third-order valence-corrected chi connectivity index (χ3v) is 4.53. The molecule has 3 heterocycles. The van der Waals surface area contributed by atoms with Gasteiger partial charge in [-0.15, -0.1) is 0 Å². The van der Waals surface area contributed by atoms with Gasteiger partial charge in [-0.05, 0) is 37.7 Å². The molecule has 1 aromatic carbocycles. The van der Waals surface area contributed by atoms with E-state index in [1.54, 1.807) is 12.4 Å². The van der Waals surface area contributed by atoms with Crippen LogP contribution in [0.1, 0.15) is 24.2 Å². The number of benzene rings is 1. The van der Waals surface area contributed by atoms with Crippen LogP contribution < -0.4 is 0 Å². The highest BCUT2D eigenvalue weighted by Crippen LogP contribution is 2.25. The number of pyridine rings is 1. The van der Waals surface area contributed by atoms with Crippen LogP contribution in [-0.4, -0.2) is 36.3 Å². The van der Waals surface area contributed by atoms with Crippen molar-refractivity contribution in [3.63, 3.8) is 0 Å². The third-order valence-electron chi connectivity index (χ3n) is 4.53. The summed E-state index contributed by atoms with van der Waals surface area (Å²) in [6.07, 6.45) is 5.67. The minimum absolute atomic E-state index is 0.601. The first-order valence-electron chi connectivity index (χ1n) is 9.29. The van der Waals surface area contributed by atoms with Crippen LogP contribution >= 0.6 is 0 Å². The zero-order valence-electron chi connectivity index (χ0n) is 16.0. The van der Waals surface area contributed by atoms with Crippen LogP contribution in [0.4, 0.5) is 0 Å². The van der Waals surface area contributed by atoms with E-state index < -0.39 is 0 Å². The largest absolute Gasteiger partial charge is 0.338 e. The Balaban J connectivity index is 1.67. The summed E-state index contributed by atoms with van der Waals surface area (Å²) >= 11 is 0. The minimum Gasteiger partial charge on any atom is -0.338 e. The van der Waals surface area contributed by atoms with Gasteiger partial charge in [-0.25, -0.2) is 4.68 Å². The molecule has 0 spiro atoms. The van der Waals surface area contributed by atoms with E-state index in [0.29, 0.717) is 18.3 Å². The van der Waals surface area contributed by atoms with Crippen molar-refractivity contribution < 1.29 is 4.52 Å². The van der Waals surface area contributed by atoms with Gasteiger partial charge in [0.05, 0.1) is 17.9 Å². The van der Waals surface area contributed by atoms with Crippen LogP contribution in [0.2, 0.25) is 0 Å². The lowest BCUT2D eigenvalue weighted by atomic mass is 10.1. The standard InChI is InChI=1S/C21H22N6O/c1-3-26(15-20-23-16(2)25-28-20)13-18-14-27(19-7-5-4-6-8-19)24-21(18)17-9-11-22-12-10-17/h4-12,14H,3,13,15H2,1-2H3. The van der Waals surface area contributed by atoms with E-state index >= 15 is 0 Å². The van der Waals surface area contributed by atoms with Gasteiger partial charge in [0.15, 0.2) is 5.82 Å². The van der Waals surface area contributed by atoms with Crippen LogP contribution in [0, 0.1) is 6.92 Å². The van der Waals surface area contributed by atoms with Crippen molar-refractivity contribution in [1.29, 1.82) is 0 Å². The van der Waals surface area contributed by atoms with Crippen LogP contribution in [-0.2, 0) is 13.1 Å². The van der Waals surface area contributed by atoms with E-state index in [-0.39, 0.29) is 0 Å². The van der Waals surface area contributed by atoms with Crippen molar-refractivity contribution in [2.24, 2.45) is 0 Å². The summed E-state index contributed by atoms with van der Waals surface area (Å²) in [4.78, 5) is 10.7. The second-order valence-corrected chi connectivity index (χ2v) is 6.56. The molecule has 142 valence electrons. The highest BCUT2D eigenvalue weighted by molar-refractivity contribution is 5.62. The molecule has 0 aliphatic carbocycles. The number of aryl methyl sites for hydroxylation is 1. The molecule has 0 aliphatic heterocycles. The van der Waals surface area contributed by atoms with Crippen LogP contribution in [0.5, 0.6) is 0 Å². The zero-order chi connectivity index (χ0) is 19.3. The number of nitrogens with zero attached hydrogens (tertiary/aromatic N) is 6. The lowest BCUT2D eigenvalue weighted by Crippen LogP contribution is -2.22. The van der Waals surface area contributed by atoms with Crippen molar-refractivity contribution in [1.82, 2.24) is 29.8 Å². The Labute approximate surface area is 163 Å². The van der Waals surface area contributed by atoms with E-state index in [2.05, 4.69) is 33.1 Å². The summed E-state index contributed by atoms with van der Waals surface area (Å²) in [5, 5.41) is 8.74. The second-order valence-electron chi connectivity index (χ2n) is 6.56. The maximum Gasteiger partial charge on any atom is 0.240 e. The fraction of sp³-hybridized carbons (Fsp3) is 0.238. The molecular weight excluding hydrogens is 352 g/mol. The van der Waals surface area contributed by atoms with Gasteiger partial charge >= 0.3 is 0 Å². The Bertz CT molecular complexity index is 1030. The summed E-state index contributed by atoms with van der Waals surface area (Å²) in [6, 6.07) is 14.1. The Morgan fingerprint density at radius 3 is 2.50 bits per heavy atom. The predicted octanol–water partition coefficient (Wildman–Crippen LogP) is 3.65. The third kappa shape index (κ3) is 3.99. The Kier molecular flexibility index (Phi) is 5.25. The molecular formula is C21H22N6O. The molecule has 0 bridgehead atoms. The molecule has 0 saturated carbocycles. The molecule has 4 aromatic rings. The maximum atomic E-state index is 5.29. The molecule has 0 saturated heterocycles. The molecule has 7 heteroatoms. The fourth-order valence-electron chi connectivity index (χ4n) is 3.11. The Morgan fingerprint density at radius 2 is 1.82 bits per heavy atom. The Hall–Kier alpha value is -3.32. The number of aromatic nitrogens is 5. The molecule has 7 nitrogen and oxygen atoms in total. The fourth-order valence-corrected chi connectivity index (χ4v) is 3.11. The van der Waals surface area contributed by atoms with E-state index in [0.717, 1.165) is 35.6 Å². The molecule has 0 N–H and O–H groups in total. The highest BCUT2D eigenvalue weighted by atomic mass is 16.5. The molecule has 0 fully saturated rings. The number of para-hydroxylation sites is 1. The summed E-state index contributed by atoms with van der Waals surface area (Å²) in [7, 11) is 0. The van der Waals surface area contributed by atoms with E-state index in [9.17, 15) is 0 Å². The van der Waals surface area contributed by atoms with Crippen molar-refractivity contribution in [2.45, 2.75) is 26.9 Å². The summed E-state index contributed by atoms with van der Waals surface area (Å²) in [6.45, 7) is 6.13. The van der Waals surface area contributed by atoms with Gasteiger partial charge in [-0.2, -0.15) is 10.1 Å². The zero-order valence-corrected chi connectivity index (χ0v) is 16.0. The monoisotopic (exact) mass is 374 g/mol. The average Bonchev–Trinajstić information content (AvgIpc) is 3.35. The first kappa shape index (κ1) is 18.1. The van der Waals surface area contributed by atoms with Crippen molar-refractivity contribution in [3.05, 3.63) is 78.3 Å². The van der Waals surface area contributed by atoms with E-state index in [1.165, 1.54) is 0 Å². The summed E-state index contributed by atoms with van der Waals surface area (Å²) in [5.41, 5.74) is 4.16. The van der Waals surface area contributed by atoms with Gasteiger partial charge < -0.3 is 4.52 Å². The van der Waals surface area contributed by atoms with Gasteiger partial charge in [0.25, 0.3) is 0 Å². The van der Waals surface area contributed by atoms with Crippen LogP contribution in [0.25, 0.3) is 16.9 Å². The number of hydrogen-bond donors (Lipinski definition) is 0. The lowest BCUT2D eigenvalue weighted by molar-refractivity contribution is 0.229. The van der Waals surface area contributed by atoms with Gasteiger partial charge in [0.1, 0.15) is 0 Å². The number of hydrogen-bond acceptors (Lipinski definition) is 6. The lowest BCUT2D eigenvalue weighted by Gasteiger charge is -2.18. The SMILES string of the molecule is CCN(Cc1nc(C)no1)Cc1cn(-c2ccccc2)nc1-c1ccncc1. The first-order chi connectivity index (χ1) is 13.7. The number of rotatable bonds is 7. The first-order valence-corrected chi connectivity index (χ1v) is 9.29. The molecule has 0 unspecified atom stereocenters. The molecule has 28 heavy (non-hydrogen) atoms. The normalized spacial score (nSPS) is 11.2. The molecule has 3 aromatic heterocycles. The van der Waals surface area contributed by atoms with Crippen molar-refractivity contribution in [3.8, 4) is 16.9 Å². The summed E-state index contributed by atoms with van der Waals surface area (Å²) in [5.74, 6) is 1.28. The van der Waals surface area contributed by atoms with E-state index in [1.807, 2.05) is 54.1 Å². The molecule has 4 rings (SSSR count). The Morgan fingerprint density at radius 1 is 1.04 bits per heavy atom. The highest BCUT2D eigenvalue weighted by Gasteiger charge is 2.17. The van der Waals surface area contributed by atoms with Gasteiger partial charge in [-0.3, -0.25) is 9.88 Å². The quantitative estimate of drug-likeness (QED) is 0.492. The average molecular weight is 374 g/mol. The summed E-state index contributed by atoms with van der Waals surface area (Å²) < 4.78 is 7.22. The molecule has 0 atom stereocenters. The van der Waals surface area contributed by atoms with Gasteiger partial charge in [0, 0.05) is 36.3 Å². The second kappa shape index (κ2) is 8.14. The molecule has 0 aliphatic rings. The van der Waals surface area contributed by atoms with Gasteiger partial charge in [0.2, 0.25) is 5.89 Å². The van der Waals surface area contributed by atoms with Crippen molar-refractivity contribution in [2.75, 3.05) is 6.54 Å². The molecule has 0 radical (unpaired) electrons. The topological polar surface area (TPSA) is 72.9 Å². The van der Waals surface area contributed by atoms with Crippen LogP contribution in [0.15, 0.2) is 65.6 Å². The smallest absolute Gasteiger partial charge is 0.240 e. The maximum absolute atomic E-state index is 5.29.